The fourth-order valence-corrected chi connectivity index (χ4v) is 3.81. The number of halogens is 2. The van der Waals surface area contributed by atoms with Crippen LogP contribution in [0.1, 0.15) is 22.7 Å². The summed E-state index contributed by atoms with van der Waals surface area (Å²) in [6.45, 7) is 0.183. The Morgan fingerprint density at radius 3 is 2.33 bits per heavy atom. The van der Waals surface area contributed by atoms with Crippen molar-refractivity contribution in [2.45, 2.75) is 12.6 Å². The normalized spacial score (nSPS) is 18.1. The first-order valence-corrected chi connectivity index (χ1v) is 9.67. The molecule has 3 aromatic rings. The molecule has 4 rings (SSSR count). The predicted molar refractivity (Wildman–Crippen MR) is 112 cm³/mol. The van der Waals surface area contributed by atoms with Crippen LogP contribution in [0, 0.1) is 5.82 Å². The molecule has 30 heavy (non-hydrogen) atoms. The second-order valence-corrected chi connectivity index (χ2v) is 7.41. The van der Waals surface area contributed by atoms with Crippen LogP contribution in [0.4, 0.5) is 4.39 Å². The molecule has 1 fully saturated rings. The molecule has 0 radical (unpaired) electrons. The lowest BCUT2D eigenvalue weighted by Gasteiger charge is -2.25. The average molecular weight is 422 g/mol. The molecule has 1 heterocycles. The summed E-state index contributed by atoms with van der Waals surface area (Å²) in [5, 5.41) is 11.4. The molecule has 0 spiro atoms. The van der Waals surface area contributed by atoms with Gasteiger partial charge >= 0.3 is 0 Å². The van der Waals surface area contributed by atoms with E-state index in [4.69, 9.17) is 11.6 Å². The topological polar surface area (TPSA) is 57.6 Å². The fraction of sp³-hybridized carbons (Fsp3) is 0.0833. The highest BCUT2D eigenvalue weighted by Crippen LogP contribution is 2.40. The summed E-state index contributed by atoms with van der Waals surface area (Å²) in [7, 11) is 0. The minimum Gasteiger partial charge on any atom is -0.507 e. The molecule has 4 nitrogen and oxygen atoms in total. The van der Waals surface area contributed by atoms with Gasteiger partial charge in [-0.1, -0.05) is 54.1 Å². The molecule has 3 aromatic carbocycles. The number of hydrogen-bond donors (Lipinski definition) is 1. The van der Waals surface area contributed by atoms with Crippen LogP contribution in [0.3, 0.4) is 0 Å². The van der Waals surface area contributed by atoms with Crippen LogP contribution in [-0.4, -0.2) is 21.7 Å². The highest BCUT2D eigenvalue weighted by molar-refractivity contribution is 6.46. The third kappa shape index (κ3) is 3.72. The molecule has 0 aromatic heterocycles. The van der Waals surface area contributed by atoms with Gasteiger partial charge in [0.25, 0.3) is 11.7 Å². The second kappa shape index (κ2) is 8.13. The molecule has 6 heteroatoms. The molecular weight excluding hydrogens is 405 g/mol. The Morgan fingerprint density at radius 1 is 0.967 bits per heavy atom. The Kier molecular flexibility index (Phi) is 5.38. The van der Waals surface area contributed by atoms with E-state index in [2.05, 4.69) is 0 Å². The Morgan fingerprint density at radius 2 is 1.67 bits per heavy atom. The summed E-state index contributed by atoms with van der Waals surface area (Å²) in [6, 6.07) is 20.4. The van der Waals surface area contributed by atoms with Crippen molar-refractivity contribution in [3.8, 4) is 0 Å². The van der Waals surface area contributed by atoms with Crippen molar-refractivity contribution in [2.75, 3.05) is 0 Å². The maximum Gasteiger partial charge on any atom is 0.295 e. The van der Waals surface area contributed by atoms with E-state index < -0.39 is 23.5 Å². The lowest BCUT2D eigenvalue weighted by atomic mass is 9.95. The van der Waals surface area contributed by atoms with Gasteiger partial charge in [-0.3, -0.25) is 9.59 Å². The van der Waals surface area contributed by atoms with Crippen LogP contribution >= 0.6 is 11.6 Å². The van der Waals surface area contributed by atoms with Gasteiger partial charge in [0, 0.05) is 17.1 Å². The van der Waals surface area contributed by atoms with E-state index in [1.807, 2.05) is 30.3 Å². The Hall–Kier alpha value is -3.44. The Labute approximate surface area is 177 Å². The smallest absolute Gasteiger partial charge is 0.295 e. The van der Waals surface area contributed by atoms with Gasteiger partial charge in [-0.25, -0.2) is 4.39 Å². The predicted octanol–water partition coefficient (Wildman–Crippen LogP) is 5.10. The molecule has 150 valence electrons. The summed E-state index contributed by atoms with van der Waals surface area (Å²) in [5.41, 5.74) is 1.64. The van der Waals surface area contributed by atoms with Gasteiger partial charge in [-0.05, 0) is 47.5 Å². The van der Waals surface area contributed by atoms with E-state index in [1.54, 1.807) is 24.3 Å². The lowest BCUT2D eigenvalue weighted by Crippen LogP contribution is -2.29. The number of likely N-dealkylation sites (tertiary alicyclic amines) is 1. The van der Waals surface area contributed by atoms with E-state index in [-0.39, 0.29) is 23.4 Å². The molecule has 1 saturated heterocycles. The van der Waals surface area contributed by atoms with Crippen LogP contribution in [-0.2, 0) is 16.1 Å². The zero-order valence-electron chi connectivity index (χ0n) is 15.8. The van der Waals surface area contributed by atoms with Gasteiger partial charge < -0.3 is 10.0 Å². The average Bonchev–Trinajstić information content (AvgIpc) is 2.99. The summed E-state index contributed by atoms with van der Waals surface area (Å²) < 4.78 is 13.3. The van der Waals surface area contributed by atoms with Gasteiger partial charge in [0.1, 0.15) is 11.6 Å². The van der Waals surface area contributed by atoms with Gasteiger partial charge in [0.05, 0.1) is 11.6 Å². The molecule has 0 bridgehead atoms. The van der Waals surface area contributed by atoms with Crippen LogP contribution in [0.2, 0.25) is 5.02 Å². The van der Waals surface area contributed by atoms with Crippen molar-refractivity contribution >= 4 is 29.1 Å². The minimum absolute atomic E-state index is 0.0511. The van der Waals surface area contributed by atoms with Crippen LogP contribution in [0.25, 0.3) is 5.76 Å². The van der Waals surface area contributed by atoms with Crippen molar-refractivity contribution in [1.29, 1.82) is 0 Å². The molecule has 1 unspecified atom stereocenters. The maximum atomic E-state index is 13.3. The highest BCUT2D eigenvalue weighted by Gasteiger charge is 2.46. The Balaban J connectivity index is 1.87. The molecular formula is C24H17ClFNO3. The molecule has 1 N–H and O–H groups in total. The maximum absolute atomic E-state index is 13.3. The minimum atomic E-state index is -0.825. The molecule has 0 aliphatic carbocycles. The number of ketones is 1. The number of carbonyl (C=O) groups excluding carboxylic acids is 2. The lowest BCUT2D eigenvalue weighted by molar-refractivity contribution is -0.140. The summed E-state index contributed by atoms with van der Waals surface area (Å²) in [5.74, 6) is -2.33. The summed E-state index contributed by atoms with van der Waals surface area (Å²) in [6.07, 6.45) is 0. The van der Waals surface area contributed by atoms with E-state index in [1.165, 1.54) is 29.2 Å². The number of carbonyl (C=O) groups is 2. The first-order chi connectivity index (χ1) is 14.5. The zero-order valence-corrected chi connectivity index (χ0v) is 16.5. The van der Waals surface area contributed by atoms with Crippen molar-refractivity contribution in [1.82, 2.24) is 4.90 Å². The van der Waals surface area contributed by atoms with Crippen molar-refractivity contribution in [3.63, 3.8) is 0 Å². The van der Waals surface area contributed by atoms with Gasteiger partial charge in [0.2, 0.25) is 0 Å². The van der Waals surface area contributed by atoms with Crippen molar-refractivity contribution < 1.29 is 19.1 Å². The summed E-state index contributed by atoms with van der Waals surface area (Å²) in [4.78, 5) is 27.3. The number of benzene rings is 3. The number of Topliss-reactive ketones (excluding diaryl/α,β-unsaturated/α-hetero) is 1. The highest BCUT2D eigenvalue weighted by atomic mass is 35.5. The van der Waals surface area contributed by atoms with E-state index in [0.717, 1.165) is 5.56 Å². The zero-order chi connectivity index (χ0) is 21.3. The molecule has 1 amide bonds. The number of aliphatic hydroxyl groups excluding tert-OH is 1. The largest absolute Gasteiger partial charge is 0.507 e. The quantitative estimate of drug-likeness (QED) is 0.362. The number of amides is 1. The van der Waals surface area contributed by atoms with E-state index >= 15 is 0 Å². The van der Waals surface area contributed by atoms with Crippen LogP contribution in [0.15, 0.2) is 84.4 Å². The molecule has 1 aliphatic heterocycles. The first-order valence-electron chi connectivity index (χ1n) is 9.29. The first kappa shape index (κ1) is 19.9. The fourth-order valence-electron chi connectivity index (χ4n) is 3.61. The Bertz CT molecular complexity index is 1140. The van der Waals surface area contributed by atoms with Crippen molar-refractivity contribution in [2.24, 2.45) is 0 Å². The SMILES string of the molecule is O=C1C(=O)N(Cc2ccccc2)C(c2cccc(Cl)c2)C1=C(O)c1ccc(F)cc1. The number of hydrogen-bond acceptors (Lipinski definition) is 3. The number of rotatable bonds is 4. The van der Waals surface area contributed by atoms with Gasteiger partial charge in [0.15, 0.2) is 0 Å². The van der Waals surface area contributed by atoms with Gasteiger partial charge in [-0.15, -0.1) is 0 Å². The number of aliphatic hydroxyl groups is 1. The van der Waals surface area contributed by atoms with E-state index in [0.29, 0.717) is 10.6 Å². The number of nitrogens with zero attached hydrogens (tertiary/aromatic N) is 1. The summed E-state index contributed by atoms with van der Waals surface area (Å²) >= 11 is 6.16. The second-order valence-electron chi connectivity index (χ2n) is 6.97. The molecule has 0 saturated carbocycles. The molecule has 1 aliphatic rings. The van der Waals surface area contributed by atoms with Gasteiger partial charge in [-0.2, -0.15) is 0 Å². The van der Waals surface area contributed by atoms with Crippen molar-refractivity contribution in [3.05, 3.63) is 112 Å². The van der Waals surface area contributed by atoms with E-state index in [9.17, 15) is 19.1 Å². The third-order valence-electron chi connectivity index (χ3n) is 5.02. The van der Waals surface area contributed by atoms with Crippen LogP contribution in [0.5, 0.6) is 0 Å². The standard InChI is InChI=1S/C24H17ClFNO3/c25-18-8-4-7-17(13-18)21-20(22(28)16-9-11-19(26)12-10-16)23(29)24(30)27(21)14-15-5-2-1-3-6-15/h1-13,21,28H,14H2. The van der Waals surface area contributed by atoms with Crippen LogP contribution < -0.4 is 0 Å². The third-order valence-corrected chi connectivity index (χ3v) is 5.25. The monoisotopic (exact) mass is 421 g/mol. The molecule has 1 atom stereocenters.